The van der Waals surface area contributed by atoms with Gasteiger partial charge < -0.3 is 10.4 Å². The number of rotatable bonds is 2. The fourth-order valence-corrected chi connectivity index (χ4v) is 1.88. The van der Waals surface area contributed by atoms with E-state index in [0.717, 1.165) is 10.2 Å². The molecule has 0 fully saturated rings. The van der Waals surface area contributed by atoms with E-state index in [1.165, 1.54) is 18.2 Å². The van der Waals surface area contributed by atoms with Crippen molar-refractivity contribution in [3.8, 4) is 5.75 Å². The van der Waals surface area contributed by atoms with Gasteiger partial charge in [-0.3, -0.25) is 4.79 Å². The monoisotopic (exact) mass is 340 g/mol. The number of carbonyl (C=O) groups excluding carboxylic acids is 1. The van der Waals surface area contributed by atoms with E-state index in [4.69, 9.17) is 11.6 Å². The summed E-state index contributed by atoms with van der Waals surface area (Å²) in [6, 6.07) is 7.73. The van der Waals surface area contributed by atoms with Gasteiger partial charge in [-0.05, 0) is 53.2 Å². The maximum absolute atomic E-state index is 12.0. The predicted molar refractivity (Wildman–Crippen MR) is 77.7 cm³/mol. The number of aromatic hydroxyl groups is 1. The third kappa shape index (κ3) is 3.24. The zero-order chi connectivity index (χ0) is 14.0. The van der Waals surface area contributed by atoms with Crippen LogP contribution >= 0.6 is 27.5 Å². The summed E-state index contributed by atoms with van der Waals surface area (Å²) in [6.45, 7) is 1.82. The first kappa shape index (κ1) is 13.8. The Kier molecular flexibility index (Phi) is 4.07. The average molecular weight is 342 g/mol. The van der Waals surface area contributed by atoms with E-state index in [1.54, 1.807) is 12.1 Å². The van der Waals surface area contributed by atoms with Crippen molar-refractivity contribution >= 4 is 39.3 Å². The van der Waals surface area contributed by atoms with Crippen molar-refractivity contribution in [1.29, 1.82) is 0 Å². The first-order valence-corrected chi connectivity index (χ1v) is 6.57. The largest absolute Gasteiger partial charge is 0.507 e. The number of aromatic nitrogens is 1. The van der Waals surface area contributed by atoms with Crippen LogP contribution in [-0.2, 0) is 0 Å². The second kappa shape index (κ2) is 5.59. The number of aryl methyl sites for hydroxylation is 1. The Morgan fingerprint density at radius 3 is 2.79 bits per heavy atom. The molecule has 0 saturated carbocycles. The molecule has 19 heavy (non-hydrogen) atoms. The second-order valence-corrected chi connectivity index (χ2v) is 5.17. The molecule has 0 aliphatic heterocycles. The van der Waals surface area contributed by atoms with Crippen LogP contribution < -0.4 is 5.32 Å². The van der Waals surface area contributed by atoms with Gasteiger partial charge >= 0.3 is 0 Å². The van der Waals surface area contributed by atoms with Crippen LogP contribution in [0.2, 0.25) is 5.02 Å². The molecular formula is C13H10BrClN2O2. The van der Waals surface area contributed by atoms with E-state index in [-0.39, 0.29) is 11.3 Å². The van der Waals surface area contributed by atoms with Crippen LogP contribution in [0.1, 0.15) is 16.1 Å². The fraction of sp³-hybridized carbons (Fsp3) is 0.0769. The molecule has 6 heteroatoms. The van der Waals surface area contributed by atoms with Crippen LogP contribution in [0.5, 0.6) is 5.75 Å². The summed E-state index contributed by atoms with van der Waals surface area (Å²) in [6.07, 6.45) is 0. The van der Waals surface area contributed by atoms with Gasteiger partial charge in [0.05, 0.1) is 11.3 Å². The van der Waals surface area contributed by atoms with Crippen molar-refractivity contribution in [2.45, 2.75) is 6.92 Å². The molecule has 1 aromatic heterocycles. The summed E-state index contributed by atoms with van der Waals surface area (Å²) < 4.78 is 0.858. The highest BCUT2D eigenvalue weighted by atomic mass is 79.9. The first-order chi connectivity index (χ1) is 8.97. The van der Waals surface area contributed by atoms with Gasteiger partial charge in [0.25, 0.3) is 5.91 Å². The van der Waals surface area contributed by atoms with Crippen molar-refractivity contribution in [3.63, 3.8) is 0 Å². The lowest BCUT2D eigenvalue weighted by Crippen LogP contribution is -2.13. The molecule has 0 spiro atoms. The molecule has 0 aliphatic rings. The van der Waals surface area contributed by atoms with Gasteiger partial charge in [0.2, 0.25) is 0 Å². The number of amides is 1. The van der Waals surface area contributed by atoms with E-state index in [9.17, 15) is 9.90 Å². The molecule has 0 bridgehead atoms. The SMILES string of the molecule is Cc1nc(NC(=O)c2cc(Cl)ccc2O)ccc1Br. The summed E-state index contributed by atoms with van der Waals surface area (Å²) in [4.78, 5) is 16.2. The molecule has 2 rings (SSSR count). The van der Waals surface area contributed by atoms with Crippen molar-refractivity contribution in [3.05, 3.63) is 51.1 Å². The maximum atomic E-state index is 12.0. The van der Waals surface area contributed by atoms with Crippen molar-refractivity contribution in [2.75, 3.05) is 5.32 Å². The zero-order valence-corrected chi connectivity index (χ0v) is 12.3. The molecule has 0 saturated heterocycles. The minimum atomic E-state index is -0.464. The minimum absolute atomic E-state index is 0.106. The minimum Gasteiger partial charge on any atom is -0.507 e. The summed E-state index contributed by atoms with van der Waals surface area (Å²) in [7, 11) is 0. The van der Waals surface area contributed by atoms with Gasteiger partial charge in [0.15, 0.2) is 0 Å². The molecule has 98 valence electrons. The Morgan fingerprint density at radius 1 is 1.37 bits per heavy atom. The highest BCUT2D eigenvalue weighted by molar-refractivity contribution is 9.10. The Hall–Kier alpha value is -1.59. The van der Waals surface area contributed by atoms with Gasteiger partial charge in [0, 0.05) is 9.50 Å². The molecule has 2 N–H and O–H groups in total. The first-order valence-electron chi connectivity index (χ1n) is 5.40. The van der Waals surface area contributed by atoms with E-state index < -0.39 is 5.91 Å². The lowest BCUT2D eigenvalue weighted by atomic mass is 10.2. The molecule has 1 amide bonds. The number of nitrogens with zero attached hydrogens (tertiary/aromatic N) is 1. The number of benzene rings is 1. The Labute approximate surface area is 123 Å². The lowest BCUT2D eigenvalue weighted by molar-refractivity contribution is 0.102. The number of carbonyl (C=O) groups is 1. The standard InChI is InChI=1S/C13H10BrClN2O2/c1-7-10(14)3-5-12(16-7)17-13(19)9-6-8(15)2-4-11(9)18/h2-6,18H,1H3,(H,16,17,19). The number of phenolic OH excluding ortho intramolecular Hbond substituents is 1. The highest BCUT2D eigenvalue weighted by Gasteiger charge is 2.12. The van der Waals surface area contributed by atoms with Crippen LogP contribution in [0.25, 0.3) is 0 Å². The van der Waals surface area contributed by atoms with Crippen LogP contribution in [0.15, 0.2) is 34.8 Å². The molecule has 0 radical (unpaired) electrons. The normalized spacial score (nSPS) is 10.3. The summed E-state index contributed by atoms with van der Waals surface area (Å²) >= 11 is 9.13. The Morgan fingerprint density at radius 2 is 2.11 bits per heavy atom. The van der Waals surface area contributed by atoms with Crippen LogP contribution in [0.4, 0.5) is 5.82 Å². The number of anilines is 1. The van der Waals surface area contributed by atoms with Gasteiger partial charge in [-0.2, -0.15) is 0 Å². The quantitative estimate of drug-likeness (QED) is 0.874. The molecule has 1 heterocycles. The third-order valence-electron chi connectivity index (χ3n) is 2.47. The number of hydrogen-bond acceptors (Lipinski definition) is 3. The number of pyridine rings is 1. The van der Waals surface area contributed by atoms with Crippen LogP contribution in [0, 0.1) is 6.92 Å². The summed E-state index contributed by atoms with van der Waals surface area (Å²) in [5.41, 5.74) is 0.864. The van der Waals surface area contributed by atoms with E-state index >= 15 is 0 Å². The average Bonchev–Trinajstić information content (AvgIpc) is 2.36. The fourth-order valence-electron chi connectivity index (χ4n) is 1.49. The van der Waals surface area contributed by atoms with Gasteiger partial charge in [0.1, 0.15) is 11.6 Å². The van der Waals surface area contributed by atoms with Gasteiger partial charge in [-0.15, -0.1) is 0 Å². The molecule has 0 unspecified atom stereocenters. The second-order valence-electron chi connectivity index (χ2n) is 3.88. The molecule has 1 aromatic carbocycles. The molecule has 4 nitrogen and oxygen atoms in total. The van der Waals surface area contributed by atoms with Crippen molar-refractivity contribution in [1.82, 2.24) is 4.98 Å². The number of phenols is 1. The molecule has 0 atom stereocenters. The Bertz CT molecular complexity index is 647. The number of halogens is 2. The zero-order valence-electron chi connectivity index (χ0n) is 9.95. The third-order valence-corrected chi connectivity index (χ3v) is 3.54. The lowest BCUT2D eigenvalue weighted by Gasteiger charge is -2.07. The van der Waals surface area contributed by atoms with Crippen LogP contribution in [0.3, 0.4) is 0 Å². The van der Waals surface area contributed by atoms with E-state index in [2.05, 4.69) is 26.2 Å². The van der Waals surface area contributed by atoms with E-state index in [0.29, 0.717) is 10.8 Å². The van der Waals surface area contributed by atoms with Gasteiger partial charge in [-0.25, -0.2) is 4.98 Å². The highest BCUT2D eigenvalue weighted by Crippen LogP contribution is 2.23. The maximum Gasteiger partial charge on any atom is 0.260 e. The topological polar surface area (TPSA) is 62.2 Å². The van der Waals surface area contributed by atoms with E-state index in [1.807, 2.05) is 6.92 Å². The molecular weight excluding hydrogens is 332 g/mol. The summed E-state index contributed by atoms with van der Waals surface area (Å²) in [5, 5.41) is 12.6. The Balaban J connectivity index is 2.25. The van der Waals surface area contributed by atoms with Gasteiger partial charge in [-0.1, -0.05) is 11.6 Å². The number of nitrogens with one attached hydrogen (secondary N) is 1. The van der Waals surface area contributed by atoms with Crippen molar-refractivity contribution < 1.29 is 9.90 Å². The molecule has 2 aromatic rings. The van der Waals surface area contributed by atoms with Crippen molar-refractivity contribution in [2.24, 2.45) is 0 Å². The smallest absolute Gasteiger partial charge is 0.260 e. The molecule has 0 aliphatic carbocycles. The number of hydrogen-bond donors (Lipinski definition) is 2. The predicted octanol–water partition coefficient (Wildman–Crippen LogP) is 3.76. The summed E-state index contributed by atoms with van der Waals surface area (Å²) in [5.74, 6) is -0.185. The van der Waals surface area contributed by atoms with Crippen LogP contribution in [-0.4, -0.2) is 16.0 Å².